The summed E-state index contributed by atoms with van der Waals surface area (Å²) in [5.74, 6) is 1.91. The van der Waals surface area contributed by atoms with Gasteiger partial charge in [-0.25, -0.2) is 4.79 Å². The lowest BCUT2D eigenvalue weighted by atomic mass is 9.49. The molecule has 4 aliphatic carbocycles. The Kier molecular flexibility index (Phi) is 5.00. The Balaban J connectivity index is 1.40. The molecular formula is C23H31NO3. The molecule has 1 N–H and O–H groups in total. The second-order valence-corrected chi connectivity index (χ2v) is 9.49. The molecule has 4 fully saturated rings. The lowest BCUT2D eigenvalue weighted by molar-refractivity contribution is -0.156. The number of ether oxygens (including phenoxy) is 1. The fourth-order valence-electron chi connectivity index (χ4n) is 6.00. The lowest BCUT2D eigenvalue weighted by Crippen LogP contribution is -2.57. The Bertz CT molecular complexity index is 662. The minimum Gasteiger partial charge on any atom is -0.459 e. The molecule has 1 atom stereocenters. The first kappa shape index (κ1) is 18.5. The van der Waals surface area contributed by atoms with E-state index in [2.05, 4.69) is 5.32 Å². The average molecular weight is 370 g/mol. The summed E-state index contributed by atoms with van der Waals surface area (Å²) >= 11 is 0. The van der Waals surface area contributed by atoms with Crippen LogP contribution in [-0.4, -0.2) is 17.9 Å². The molecule has 1 aromatic rings. The summed E-state index contributed by atoms with van der Waals surface area (Å²) in [5.41, 5.74) is 0.725. The van der Waals surface area contributed by atoms with Crippen LogP contribution >= 0.6 is 0 Å². The molecule has 4 bridgehead atoms. The number of hydrogen-bond acceptors (Lipinski definition) is 3. The molecule has 4 heteroatoms. The summed E-state index contributed by atoms with van der Waals surface area (Å²) in [5, 5.41) is 3.10. The zero-order valence-corrected chi connectivity index (χ0v) is 16.4. The molecule has 0 spiro atoms. The van der Waals surface area contributed by atoms with Gasteiger partial charge in [-0.05, 0) is 67.8 Å². The third-order valence-corrected chi connectivity index (χ3v) is 6.95. The first-order chi connectivity index (χ1) is 12.9. The van der Waals surface area contributed by atoms with E-state index >= 15 is 0 Å². The normalized spacial score (nSPS) is 32.3. The van der Waals surface area contributed by atoms with Crippen molar-refractivity contribution in [2.24, 2.45) is 29.1 Å². The number of benzene rings is 1. The van der Waals surface area contributed by atoms with Crippen LogP contribution in [0.5, 0.6) is 0 Å². The molecule has 0 aromatic heterocycles. The maximum Gasteiger partial charge on any atom is 0.329 e. The zero-order valence-electron chi connectivity index (χ0n) is 16.4. The smallest absolute Gasteiger partial charge is 0.329 e. The molecule has 27 heavy (non-hydrogen) atoms. The molecule has 0 radical (unpaired) electrons. The quantitative estimate of drug-likeness (QED) is 0.769. The molecule has 5 rings (SSSR count). The third-order valence-electron chi connectivity index (χ3n) is 6.95. The van der Waals surface area contributed by atoms with Crippen molar-refractivity contribution in [3.05, 3.63) is 35.9 Å². The van der Waals surface area contributed by atoms with Crippen LogP contribution in [0.4, 0.5) is 0 Å². The van der Waals surface area contributed by atoms with Crippen LogP contribution in [0.1, 0.15) is 57.9 Å². The molecule has 1 amide bonds. The number of rotatable bonds is 6. The van der Waals surface area contributed by atoms with Crippen molar-refractivity contribution >= 4 is 11.9 Å². The van der Waals surface area contributed by atoms with Crippen molar-refractivity contribution in [3.8, 4) is 0 Å². The average Bonchev–Trinajstić information content (AvgIpc) is 2.63. The van der Waals surface area contributed by atoms with E-state index in [-0.39, 0.29) is 29.8 Å². The summed E-state index contributed by atoms with van der Waals surface area (Å²) in [7, 11) is 0. The van der Waals surface area contributed by atoms with Gasteiger partial charge in [-0.1, -0.05) is 44.2 Å². The van der Waals surface area contributed by atoms with Gasteiger partial charge in [-0.3, -0.25) is 4.79 Å². The largest absolute Gasteiger partial charge is 0.459 e. The minimum atomic E-state index is -0.575. The van der Waals surface area contributed by atoms with Gasteiger partial charge in [0, 0.05) is 5.41 Å². The number of amides is 1. The van der Waals surface area contributed by atoms with Crippen LogP contribution in [0.25, 0.3) is 0 Å². The predicted octanol–water partition coefficient (Wildman–Crippen LogP) is 4.09. The predicted molar refractivity (Wildman–Crippen MR) is 104 cm³/mol. The fourth-order valence-corrected chi connectivity index (χ4v) is 6.00. The standard InChI is InChI=1S/C23H31NO3/c1-15(2)20(21(25)27-14-16-6-4-3-5-7-16)24-22(26)23-11-17-8-18(12-23)10-19(9-17)13-23/h3-7,15,17-20H,8-14H2,1-2H3,(H,24,26)/t17?,18?,19?,20-,23?/m1/s1. The Morgan fingerprint density at radius 1 is 1.04 bits per heavy atom. The van der Waals surface area contributed by atoms with Crippen LogP contribution in [0.15, 0.2) is 30.3 Å². The topological polar surface area (TPSA) is 55.4 Å². The summed E-state index contributed by atoms with van der Waals surface area (Å²) in [6, 6.07) is 9.09. The van der Waals surface area contributed by atoms with Gasteiger partial charge < -0.3 is 10.1 Å². The van der Waals surface area contributed by atoms with E-state index in [1.54, 1.807) is 0 Å². The van der Waals surface area contributed by atoms with Gasteiger partial charge in [-0.2, -0.15) is 0 Å². The van der Waals surface area contributed by atoms with E-state index in [0.29, 0.717) is 17.8 Å². The molecule has 0 aliphatic heterocycles. The number of carbonyl (C=O) groups is 2. The van der Waals surface area contributed by atoms with Crippen LogP contribution < -0.4 is 5.32 Å². The van der Waals surface area contributed by atoms with Crippen LogP contribution in [-0.2, 0) is 20.9 Å². The minimum absolute atomic E-state index is 0.00568. The van der Waals surface area contributed by atoms with E-state index in [9.17, 15) is 9.59 Å². The number of carbonyl (C=O) groups excluding carboxylic acids is 2. The second kappa shape index (κ2) is 7.29. The molecular weight excluding hydrogens is 338 g/mol. The summed E-state index contributed by atoms with van der Waals surface area (Å²) in [6.07, 6.45) is 6.94. The van der Waals surface area contributed by atoms with Crippen LogP contribution in [0, 0.1) is 29.1 Å². The van der Waals surface area contributed by atoms with Crippen LogP contribution in [0.3, 0.4) is 0 Å². The van der Waals surface area contributed by atoms with E-state index in [4.69, 9.17) is 4.74 Å². The monoisotopic (exact) mass is 369 g/mol. The third kappa shape index (κ3) is 3.76. The van der Waals surface area contributed by atoms with E-state index in [0.717, 1.165) is 24.8 Å². The van der Waals surface area contributed by atoms with E-state index in [1.165, 1.54) is 19.3 Å². The Morgan fingerprint density at radius 2 is 1.59 bits per heavy atom. The van der Waals surface area contributed by atoms with Gasteiger partial charge in [0.1, 0.15) is 12.6 Å². The van der Waals surface area contributed by atoms with Gasteiger partial charge in [0.2, 0.25) is 5.91 Å². The Labute approximate surface area is 162 Å². The first-order valence-corrected chi connectivity index (χ1v) is 10.5. The molecule has 0 saturated heterocycles. The summed E-state index contributed by atoms with van der Waals surface area (Å²) in [6.45, 7) is 4.18. The maximum absolute atomic E-state index is 13.3. The van der Waals surface area contributed by atoms with Gasteiger partial charge in [-0.15, -0.1) is 0 Å². The highest BCUT2D eigenvalue weighted by atomic mass is 16.5. The summed E-state index contributed by atoms with van der Waals surface area (Å²) < 4.78 is 5.52. The number of hydrogen-bond donors (Lipinski definition) is 1. The highest BCUT2D eigenvalue weighted by Crippen LogP contribution is 2.60. The second-order valence-electron chi connectivity index (χ2n) is 9.49. The van der Waals surface area contributed by atoms with Gasteiger partial charge in [0.15, 0.2) is 0 Å². The highest BCUT2D eigenvalue weighted by Gasteiger charge is 2.55. The van der Waals surface area contributed by atoms with E-state index < -0.39 is 6.04 Å². The molecule has 0 unspecified atom stereocenters. The Morgan fingerprint density at radius 3 is 2.11 bits per heavy atom. The van der Waals surface area contributed by atoms with Gasteiger partial charge in [0.05, 0.1) is 0 Å². The van der Waals surface area contributed by atoms with Crippen molar-refractivity contribution in [2.75, 3.05) is 0 Å². The Hall–Kier alpha value is -1.84. The summed E-state index contributed by atoms with van der Waals surface area (Å²) in [4.78, 5) is 26.0. The number of esters is 1. The molecule has 146 valence electrons. The van der Waals surface area contributed by atoms with Crippen molar-refractivity contribution in [1.82, 2.24) is 5.32 Å². The van der Waals surface area contributed by atoms with Crippen molar-refractivity contribution in [1.29, 1.82) is 0 Å². The van der Waals surface area contributed by atoms with Crippen molar-refractivity contribution < 1.29 is 14.3 Å². The highest BCUT2D eigenvalue weighted by molar-refractivity contribution is 5.88. The molecule has 4 saturated carbocycles. The maximum atomic E-state index is 13.3. The fraction of sp³-hybridized carbons (Fsp3) is 0.652. The van der Waals surface area contributed by atoms with E-state index in [1.807, 2.05) is 44.2 Å². The van der Waals surface area contributed by atoms with Gasteiger partial charge >= 0.3 is 5.97 Å². The molecule has 4 aliphatic rings. The zero-order chi connectivity index (χ0) is 19.0. The molecule has 4 nitrogen and oxygen atoms in total. The van der Waals surface area contributed by atoms with Crippen LogP contribution in [0.2, 0.25) is 0 Å². The molecule has 0 heterocycles. The first-order valence-electron chi connectivity index (χ1n) is 10.5. The van der Waals surface area contributed by atoms with Gasteiger partial charge in [0.25, 0.3) is 0 Å². The number of nitrogens with one attached hydrogen (secondary N) is 1. The van der Waals surface area contributed by atoms with Crippen molar-refractivity contribution in [2.45, 2.75) is 65.0 Å². The molecule has 1 aromatic carbocycles. The lowest BCUT2D eigenvalue weighted by Gasteiger charge is -2.55. The van der Waals surface area contributed by atoms with Crippen molar-refractivity contribution in [3.63, 3.8) is 0 Å². The SMILES string of the molecule is CC(C)[C@@H](NC(=O)C12CC3CC(CC(C3)C1)C2)C(=O)OCc1ccccc1.